The van der Waals surface area contributed by atoms with Gasteiger partial charge >= 0.3 is 0 Å². The van der Waals surface area contributed by atoms with Crippen LogP contribution in [-0.4, -0.2) is 19.8 Å². The molecule has 18 heavy (non-hydrogen) atoms. The molecule has 3 atom stereocenters. The lowest BCUT2D eigenvalue weighted by Gasteiger charge is -2.22. The topological polar surface area (TPSA) is 18.5 Å². The molecule has 1 aliphatic heterocycles. The number of ether oxygens (including phenoxy) is 2. The summed E-state index contributed by atoms with van der Waals surface area (Å²) in [6.07, 6.45) is 1.22. The van der Waals surface area contributed by atoms with Crippen LogP contribution in [0.25, 0.3) is 0 Å². The van der Waals surface area contributed by atoms with Gasteiger partial charge in [0.25, 0.3) is 0 Å². The Morgan fingerprint density at radius 1 is 1.33 bits per heavy atom. The van der Waals surface area contributed by atoms with E-state index >= 15 is 0 Å². The van der Waals surface area contributed by atoms with Crippen molar-refractivity contribution in [1.82, 2.24) is 0 Å². The molecule has 1 aromatic rings. The maximum Gasteiger partial charge on any atom is 0.124 e. The van der Waals surface area contributed by atoms with Crippen LogP contribution in [0.5, 0.6) is 5.75 Å². The first-order valence-electron chi connectivity index (χ1n) is 6.45. The Balaban J connectivity index is 2.28. The van der Waals surface area contributed by atoms with Gasteiger partial charge < -0.3 is 9.47 Å². The molecule has 0 radical (unpaired) electrons. The molecule has 0 saturated carbocycles. The fourth-order valence-electron chi connectivity index (χ4n) is 2.75. The van der Waals surface area contributed by atoms with E-state index in [2.05, 4.69) is 32.9 Å². The Hall–Kier alpha value is -0.730. The van der Waals surface area contributed by atoms with Gasteiger partial charge in [0.15, 0.2) is 0 Å². The number of halogens is 1. The van der Waals surface area contributed by atoms with Gasteiger partial charge in [0.2, 0.25) is 0 Å². The highest BCUT2D eigenvalue weighted by atomic mass is 35.5. The van der Waals surface area contributed by atoms with Crippen molar-refractivity contribution in [2.45, 2.75) is 38.7 Å². The SMILES string of the molecule is COc1c(C)cc(C(Cl)C2OCCC2C)cc1C. The van der Waals surface area contributed by atoms with Gasteiger partial charge in [-0.05, 0) is 42.9 Å². The second-order valence-electron chi connectivity index (χ2n) is 5.19. The van der Waals surface area contributed by atoms with Crippen LogP contribution in [-0.2, 0) is 4.74 Å². The van der Waals surface area contributed by atoms with Gasteiger partial charge in [0.1, 0.15) is 5.75 Å². The highest BCUT2D eigenvalue weighted by Crippen LogP contribution is 2.38. The predicted molar refractivity (Wildman–Crippen MR) is 74.6 cm³/mol. The third-order valence-corrected chi connectivity index (χ3v) is 4.24. The third kappa shape index (κ3) is 2.50. The Morgan fingerprint density at radius 2 is 1.94 bits per heavy atom. The Morgan fingerprint density at radius 3 is 2.39 bits per heavy atom. The van der Waals surface area contributed by atoms with Gasteiger partial charge in [-0.2, -0.15) is 0 Å². The molecular formula is C15H21ClO2. The molecule has 1 aromatic carbocycles. The molecule has 0 aromatic heterocycles. The largest absolute Gasteiger partial charge is 0.496 e. The van der Waals surface area contributed by atoms with Crippen molar-refractivity contribution in [3.63, 3.8) is 0 Å². The molecule has 1 fully saturated rings. The van der Waals surface area contributed by atoms with Gasteiger partial charge in [-0.15, -0.1) is 11.6 Å². The van der Waals surface area contributed by atoms with Crippen LogP contribution >= 0.6 is 11.6 Å². The summed E-state index contributed by atoms with van der Waals surface area (Å²) in [6, 6.07) is 4.22. The normalized spacial score (nSPS) is 25.2. The highest BCUT2D eigenvalue weighted by Gasteiger charge is 2.32. The lowest BCUT2D eigenvalue weighted by Crippen LogP contribution is -2.19. The summed E-state index contributed by atoms with van der Waals surface area (Å²) in [4.78, 5) is 0. The number of aryl methyl sites for hydroxylation is 2. The zero-order chi connectivity index (χ0) is 13.3. The van der Waals surface area contributed by atoms with E-state index in [0.29, 0.717) is 5.92 Å². The predicted octanol–water partition coefficient (Wildman–Crippen LogP) is 4.02. The molecule has 100 valence electrons. The van der Waals surface area contributed by atoms with Crippen molar-refractivity contribution in [2.75, 3.05) is 13.7 Å². The Bertz CT molecular complexity index is 407. The van der Waals surface area contributed by atoms with E-state index < -0.39 is 0 Å². The van der Waals surface area contributed by atoms with E-state index in [4.69, 9.17) is 21.1 Å². The minimum absolute atomic E-state index is 0.0780. The Kier molecular flexibility index (Phi) is 4.18. The average Bonchev–Trinajstić information content (AvgIpc) is 2.74. The molecule has 1 aliphatic rings. The fraction of sp³-hybridized carbons (Fsp3) is 0.600. The average molecular weight is 269 g/mol. The molecule has 1 heterocycles. The smallest absolute Gasteiger partial charge is 0.124 e. The lowest BCUT2D eigenvalue weighted by atomic mass is 9.94. The maximum atomic E-state index is 6.58. The van der Waals surface area contributed by atoms with Gasteiger partial charge in [-0.1, -0.05) is 19.1 Å². The van der Waals surface area contributed by atoms with Crippen molar-refractivity contribution < 1.29 is 9.47 Å². The first-order valence-corrected chi connectivity index (χ1v) is 6.89. The molecule has 0 spiro atoms. The second kappa shape index (κ2) is 5.50. The minimum Gasteiger partial charge on any atom is -0.496 e. The van der Waals surface area contributed by atoms with Crippen LogP contribution in [0, 0.1) is 19.8 Å². The summed E-state index contributed by atoms with van der Waals surface area (Å²) in [6.45, 7) is 7.13. The van der Waals surface area contributed by atoms with Crippen molar-refractivity contribution in [2.24, 2.45) is 5.92 Å². The summed E-state index contributed by atoms with van der Waals surface area (Å²) in [7, 11) is 1.70. The standard InChI is InChI=1S/C15H21ClO2/c1-9-5-6-18-15(9)13(16)12-7-10(2)14(17-4)11(3)8-12/h7-9,13,15H,5-6H2,1-4H3. The zero-order valence-corrected chi connectivity index (χ0v) is 12.3. The van der Waals surface area contributed by atoms with Crippen LogP contribution in [0.4, 0.5) is 0 Å². The second-order valence-corrected chi connectivity index (χ2v) is 5.66. The van der Waals surface area contributed by atoms with Crippen LogP contribution in [0.15, 0.2) is 12.1 Å². The molecule has 0 amide bonds. The van der Waals surface area contributed by atoms with Crippen LogP contribution in [0.2, 0.25) is 0 Å². The van der Waals surface area contributed by atoms with Crippen molar-refractivity contribution in [3.05, 3.63) is 28.8 Å². The Labute approximate surface area is 114 Å². The maximum absolute atomic E-state index is 6.58. The lowest BCUT2D eigenvalue weighted by molar-refractivity contribution is 0.0903. The number of benzene rings is 1. The number of hydrogen-bond acceptors (Lipinski definition) is 2. The molecule has 1 saturated heterocycles. The number of hydrogen-bond donors (Lipinski definition) is 0. The summed E-state index contributed by atoms with van der Waals surface area (Å²) >= 11 is 6.58. The molecule has 0 bridgehead atoms. The van der Waals surface area contributed by atoms with Crippen molar-refractivity contribution in [3.8, 4) is 5.75 Å². The molecule has 2 rings (SSSR count). The van der Waals surface area contributed by atoms with Crippen LogP contribution < -0.4 is 4.74 Å². The molecule has 3 unspecified atom stereocenters. The van der Waals surface area contributed by atoms with E-state index in [1.165, 1.54) is 0 Å². The van der Waals surface area contributed by atoms with Gasteiger partial charge in [0, 0.05) is 6.61 Å². The van der Waals surface area contributed by atoms with Gasteiger partial charge in [0.05, 0.1) is 18.6 Å². The minimum atomic E-state index is -0.0780. The van der Waals surface area contributed by atoms with Gasteiger partial charge in [-0.3, -0.25) is 0 Å². The van der Waals surface area contributed by atoms with E-state index in [1.54, 1.807) is 7.11 Å². The summed E-state index contributed by atoms with van der Waals surface area (Å²) < 4.78 is 11.1. The van der Waals surface area contributed by atoms with Crippen molar-refractivity contribution in [1.29, 1.82) is 0 Å². The monoisotopic (exact) mass is 268 g/mol. The zero-order valence-electron chi connectivity index (χ0n) is 11.5. The summed E-state index contributed by atoms with van der Waals surface area (Å²) in [5, 5.41) is -0.0780. The van der Waals surface area contributed by atoms with E-state index in [9.17, 15) is 0 Å². The number of rotatable bonds is 3. The molecule has 2 nitrogen and oxygen atoms in total. The first-order chi connectivity index (χ1) is 8.54. The highest BCUT2D eigenvalue weighted by molar-refractivity contribution is 6.21. The van der Waals surface area contributed by atoms with Crippen LogP contribution in [0.3, 0.4) is 0 Å². The van der Waals surface area contributed by atoms with Gasteiger partial charge in [-0.25, -0.2) is 0 Å². The summed E-state index contributed by atoms with van der Waals surface area (Å²) in [5.41, 5.74) is 3.39. The van der Waals surface area contributed by atoms with E-state index in [-0.39, 0.29) is 11.5 Å². The molecule has 3 heteroatoms. The number of alkyl halides is 1. The molecule has 0 N–H and O–H groups in total. The molecular weight excluding hydrogens is 248 g/mol. The molecule has 0 aliphatic carbocycles. The quantitative estimate of drug-likeness (QED) is 0.771. The number of methoxy groups -OCH3 is 1. The van der Waals surface area contributed by atoms with E-state index in [0.717, 1.165) is 35.5 Å². The third-order valence-electron chi connectivity index (χ3n) is 3.74. The van der Waals surface area contributed by atoms with E-state index in [1.807, 2.05) is 0 Å². The van der Waals surface area contributed by atoms with Crippen molar-refractivity contribution >= 4 is 11.6 Å². The fourth-order valence-corrected chi connectivity index (χ4v) is 3.19. The van der Waals surface area contributed by atoms with Crippen LogP contribution in [0.1, 0.15) is 35.4 Å². The first kappa shape index (κ1) is 13.7. The summed E-state index contributed by atoms with van der Waals surface area (Å²) in [5.74, 6) is 1.47.